The molecule has 0 unspecified atom stereocenters. The van der Waals surface area contributed by atoms with Gasteiger partial charge in [-0.15, -0.1) is 0 Å². The molecule has 1 saturated carbocycles. The summed E-state index contributed by atoms with van der Waals surface area (Å²) < 4.78 is 1.74. The lowest BCUT2D eigenvalue weighted by atomic mass is 10.3. The van der Waals surface area contributed by atoms with Crippen molar-refractivity contribution in [2.75, 3.05) is 0 Å². The minimum Gasteiger partial charge on any atom is -0.298 e. The van der Waals surface area contributed by atoms with E-state index in [2.05, 4.69) is 15.6 Å². The predicted molar refractivity (Wildman–Crippen MR) is 51.2 cm³/mol. The Bertz CT molecular complexity index is 280. The van der Waals surface area contributed by atoms with Crippen LogP contribution in [0.25, 0.3) is 0 Å². The first kappa shape index (κ1) is 9.61. The van der Waals surface area contributed by atoms with Crippen LogP contribution < -0.4 is 5.48 Å². The van der Waals surface area contributed by atoms with Crippen LogP contribution in [0.4, 0.5) is 0 Å². The van der Waals surface area contributed by atoms with Crippen molar-refractivity contribution in [1.82, 2.24) is 20.2 Å². The summed E-state index contributed by atoms with van der Waals surface area (Å²) in [5.74, 6) is 0.892. The van der Waals surface area contributed by atoms with E-state index in [-0.39, 0.29) is 0 Å². The van der Waals surface area contributed by atoms with Gasteiger partial charge in [-0.3, -0.25) is 9.52 Å². The van der Waals surface area contributed by atoms with Crippen LogP contribution in [0.3, 0.4) is 0 Å². The van der Waals surface area contributed by atoms with E-state index >= 15 is 0 Å². The SMILES string of the molecule is Cn1ncnc1CNOC1CCCC1. The highest BCUT2D eigenvalue weighted by Gasteiger charge is 2.15. The molecule has 0 saturated heterocycles. The molecule has 1 N–H and O–H groups in total. The Balaban J connectivity index is 1.70. The van der Waals surface area contributed by atoms with Crippen LogP contribution in [0.2, 0.25) is 0 Å². The van der Waals surface area contributed by atoms with Crippen LogP contribution >= 0.6 is 0 Å². The second-order valence-electron chi connectivity index (χ2n) is 3.65. The van der Waals surface area contributed by atoms with E-state index in [0.717, 1.165) is 5.82 Å². The van der Waals surface area contributed by atoms with Crippen LogP contribution in [0.15, 0.2) is 6.33 Å². The molecule has 0 bridgehead atoms. The number of aromatic nitrogens is 3. The van der Waals surface area contributed by atoms with E-state index in [4.69, 9.17) is 4.84 Å². The zero-order valence-corrected chi connectivity index (χ0v) is 8.44. The summed E-state index contributed by atoms with van der Waals surface area (Å²) in [7, 11) is 1.87. The normalized spacial score (nSPS) is 17.8. The molecule has 0 amide bonds. The molecule has 0 aromatic carbocycles. The predicted octanol–water partition coefficient (Wildman–Crippen LogP) is 0.779. The third-order valence-corrected chi connectivity index (χ3v) is 2.59. The molecule has 1 aromatic heterocycles. The van der Waals surface area contributed by atoms with Crippen molar-refractivity contribution < 1.29 is 4.84 Å². The maximum absolute atomic E-state index is 5.50. The smallest absolute Gasteiger partial charge is 0.142 e. The van der Waals surface area contributed by atoms with Gasteiger partial charge in [-0.1, -0.05) is 12.8 Å². The van der Waals surface area contributed by atoms with Crippen molar-refractivity contribution in [2.45, 2.75) is 38.3 Å². The number of hydrogen-bond acceptors (Lipinski definition) is 4. The number of nitrogens with zero attached hydrogens (tertiary/aromatic N) is 3. The van der Waals surface area contributed by atoms with Gasteiger partial charge in [0.05, 0.1) is 12.6 Å². The molecule has 78 valence electrons. The number of rotatable bonds is 4. The Morgan fingerprint density at radius 3 is 3.00 bits per heavy atom. The van der Waals surface area contributed by atoms with Gasteiger partial charge in [0.1, 0.15) is 12.2 Å². The summed E-state index contributed by atoms with van der Waals surface area (Å²) in [6, 6.07) is 0. The molecule has 0 atom stereocenters. The molecular formula is C9H16N4O. The van der Waals surface area contributed by atoms with E-state index < -0.39 is 0 Å². The van der Waals surface area contributed by atoms with Crippen LogP contribution in [-0.4, -0.2) is 20.9 Å². The summed E-state index contributed by atoms with van der Waals surface area (Å²) in [5.41, 5.74) is 2.95. The summed E-state index contributed by atoms with van der Waals surface area (Å²) >= 11 is 0. The standard InChI is InChI=1S/C9H16N4O/c1-13-9(10-7-11-13)6-12-14-8-4-2-3-5-8/h7-8,12H,2-6H2,1H3. The van der Waals surface area contributed by atoms with E-state index in [1.807, 2.05) is 7.05 Å². The Morgan fingerprint density at radius 2 is 2.36 bits per heavy atom. The minimum absolute atomic E-state index is 0.392. The average molecular weight is 196 g/mol. The fraction of sp³-hybridized carbons (Fsp3) is 0.778. The first-order valence-corrected chi connectivity index (χ1v) is 5.07. The third kappa shape index (κ3) is 2.30. The molecule has 0 radical (unpaired) electrons. The highest BCUT2D eigenvalue weighted by Crippen LogP contribution is 2.19. The van der Waals surface area contributed by atoms with Crippen molar-refractivity contribution in [3.8, 4) is 0 Å². The van der Waals surface area contributed by atoms with Crippen molar-refractivity contribution >= 4 is 0 Å². The van der Waals surface area contributed by atoms with Crippen molar-refractivity contribution in [3.63, 3.8) is 0 Å². The van der Waals surface area contributed by atoms with Gasteiger partial charge in [0.2, 0.25) is 0 Å². The fourth-order valence-corrected chi connectivity index (χ4v) is 1.71. The van der Waals surface area contributed by atoms with E-state index in [1.165, 1.54) is 25.7 Å². The number of hydroxylamine groups is 1. The second kappa shape index (κ2) is 4.52. The average Bonchev–Trinajstić information content (AvgIpc) is 2.78. The van der Waals surface area contributed by atoms with Gasteiger partial charge < -0.3 is 0 Å². The lowest BCUT2D eigenvalue weighted by Gasteiger charge is -2.10. The van der Waals surface area contributed by atoms with Gasteiger partial charge in [-0.2, -0.15) is 10.6 Å². The van der Waals surface area contributed by atoms with Crippen LogP contribution in [0, 0.1) is 0 Å². The minimum atomic E-state index is 0.392. The molecule has 1 fully saturated rings. The van der Waals surface area contributed by atoms with E-state index in [9.17, 15) is 0 Å². The van der Waals surface area contributed by atoms with Crippen LogP contribution in [0.1, 0.15) is 31.5 Å². The molecule has 1 aliphatic rings. The topological polar surface area (TPSA) is 52.0 Å². The second-order valence-corrected chi connectivity index (χ2v) is 3.65. The summed E-state index contributed by atoms with van der Waals surface area (Å²) in [6.45, 7) is 0.618. The first-order valence-electron chi connectivity index (χ1n) is 5.07. The molecule has 5 heteroatoms. The Hall–Kier alpha value is -0.940. The molecule has 2 rings (SSSR count). The molecule has 1 heterocycles. The van der Waals surface area contributed by atoms with Gasteiger partial charge >= 0.3 is 0 Å². The zero-order valence-electron chi connectivity index (χ0n) is 8.44. The summed E-state index contributed by atoms with van der Waals surface area (Å²) in [5, 5.41) is 3.98. The molecule has 1 aliphatic carbocycles. The Labute approximate surface area is 83.4 Å². The Morgan fingerprint density at radius 1 is 1.57 bits per heavy atom. The Kier molecular flexibility index (Phi) is 3.10. The quantitative estimate of drug-likeness (QED) is 0.723. The highest BCUT2D eigenvalue weighted by molar-refractivity contribution is 4.80. The molecule has 14 heavy (non-hydrogen) atoms. The van der Waals surface area contributed by atoms with Gasteiger partial charge in [-0.25, -0.2) is 4.98 Å². The monoisotopic (exact) mass is 196 g/mol. The molecule has 1 aromatic rings. The molecule has 0 aliphatic heterocycles. The van der Waals surface area contributed by atoms with E-state index in [1.54, 1.807) is 11.0 Å². The number of nitrogens with one attached hydrogen (secondary N) is 1. The van der Waals surface area contributed by atoms with Crippen LogP contribution in [0.5, 0.6) is 0 Å². The fourth-order valence-electron chi connectivity index (χ4n) is 1.71. The van der Waals surface area contributed by atoms with Crippen molar-refractivity contribution in [2.24, 2.45) is 7.05 Å². The summed E-state index contributed by atoms with van der Waals surface area (Å²) in [6.07, 6.45) is 6.86. The zero-order chi connectivity index (χ0) is 9.80. The lowest BCUT2D eigenvalue weighted by molar-refractivity contribution is -0.0258. The van der Waals surface area contributed by atoms with Crippen LogP contribution in [-0.2, 0) is 18.4 Å². The molecule has 5 nitrogen and oxygen atoms in total. The van der Waals surface area contributed by atoms with E-state index in [0.29, 0.717) is 12.6 Å². The number of hydrogen-bond donors (Lipinski definition) is 1. The summed E-state index contributed by atoms with van der Waals surface area (Å²) in [4.78, 5) is 9.59. The van der Waals surface area contributed by atoms with Gasteiger partial charge in [0.15, 0.2) is 0 Å². The molecular weight excluding hydrogens is 180 g/mol. The third-order valence-electron chi connectivity index (χ3n) is 2.59. The maximum Gasteiger partial charge on any atom is 0.142 e. The van der Waals surface area contributed by atoms with Gasteiger partial charge in [0, 0.05) is 7.05 Å². The van der Waals surface area contributed by atoms with Crippen molar-refractivity contribution in [3.05, 3.63) is 12.2 Å². The van der Waals surface area contributed by atoms with Gasteiger partial charge in [-0.05, 0) is 12.8 Å². The van der Waals surface area contributed by atoms with Crippen molar-refractivity contribution in [1.29, 1.82) is 0 Å². The first-order chi connectivity index (χ1) is 6.86. The highest BCUT2D eigenvalue weighted by atomic mass is 16.7. The van der Waals surface area contributed by atoms with Gasteiger partial charge in [0.25, 0.3) is 0 Å². The lowest BCUT2D eigenvalue weighted by Crippen LogP contribution is -2.22. The molecule has 0 spiro atoms. The maximum atomic E-state index is 5.50. The number of aryl methyl sites for hydroxylation is 1. The largest absolute Gasteiger partial charge is 0.298 e.